The highest BCUT2D eigenvalue weighted by molar-refractivity contribution is 7.89. The predicted octanol–water partition coefficient (Wildman–Crippen LogP) is 2.38. The summed E-state index contributed by atoms with van der Waals surface area (Å²) in [6, 6.07) is 4.86. The summed E-state index contributed by atoms with van der Waals surface area (Å²) in [5.74, 6) is -0.346. The summed E-state index contributed by atoms with van der Waals surface area (Å²) in [6.45, 7) is 2.48. The van der Waals surface area contributed by atoms with E-state index in [-0.39, 0.29) is 15.1 Å². The topological polar surface area (TPSA) is 66.5 Å². The van der Waals surface area contributed by atoms with Gasteiger partial charge in [0.05, 0.1) is 4.90 Å². The molecule has 0 saturated heterocycles. The van der Waals surface area contributed by atoms with Crippen molar-refractivity contribution >= 4 is 21.6 Å². The Morgan fingerprint density at radius 3 is 2.27 bits per heavy atom. The largest absolute Gasteiger partial charge is 0.402 e. The lowest BCUT2D eigenvalue weighted by Crippen LogP contribution is -2.39. The van der Waals surface area contributed by atoms with E-state index in [1.807, 2.05) is 0 Å². The van der Waals surface area contributed by atoms with E-state index in [0.717, 1.165) is 18.2 Å². The molecule has 0 fully saturated rings. The molecule has 9 heteroatoms. The first-order valence-electron chi connectivity index (χ1n) is 6.11. The Kier molecular flexibility index (Phi) is 5.72. The average Bonchev–Trinajstić information content (AvgIpc) is 2.36. The van der Waals surface area contributed by atoms with Crippen LogP contribution in [-0.4, -0.2) is 37.9 Å². The SMILES string of the molecule is C=CCN(CC(F)(F)F)S(=O)(=O)c1ccc(NC(C)=O)cc1. The molecule has 0 radical (unpaired) electrons. The second kappa shape index (κ2) is 6.93. The summed E-state index contributed by atoms with van der Waals surface area (Å²) >= 11 is 0. The highest BCUT2D eigenvalue weighted by atomic mass is 32.2. The quantitative estimate of drug-likeness (QED) is 0.811. The number of anilines is 1. The van der Waals surface area contributed by atoms with Gasteiger partial charge < -0.3 is 5.32 Å². The van der Waals surface area contributed by atoms with Gasteiger partial charge >= 0.3 is 6.18 Å². The first-order chi connectivity index (χ1) is 10.1. The third kappa shape index (κ3) is 5.15. The lowest BCUT2D eigenvalue weighted by atomic mass is 10.3. The van der Waals surface area contributed by atoms with Crippen LogP contribution in [0.1, 0.15) is 6.92 Å². The Morgan fingerprint density at radius 1 is 1.32 bits per heavy atom. The minimum Gasteiger partial charge on any atom is -0.326 e. The van der Waals surface area contributed by atoms with Crippen LogP contribution >= 0.6 is 0 Å². The van der Waals surface area contributed by atoms with E-state index in [9.17, 15) is 26.4 Å². The number of hydrogen-bond donors (Lipinski definition) is 1. The maximum atomic E-state index is 12.5. The molecule has 1 aromatic rings. The lowest BCUT2D eigenvalue weighted by molar-refractivity contribution is -0.135. The molecule has 5 nitrogen and oxygen atoms in total. The van der Waals surface area contributed by atoms with Crippen molar-refractivity contribution in [2.24, 2.45) is 0 Å². The minimum atomic E-state index is -4.66. The van der Waals surface area contributed by atoms with Crippen LogP contribution in [0.25, 0.3) is 0 Å². The molecule has 0 aliphatic rings. The van der Waals surface area contributed by atoms with Crippen molar-refractivity contribution in [3.8, 4) is 0 Å². The van der Waals surface area contributed by atoms with E-state index in [1.54, 1.807) is 0 Å². The van der Waals surface area contributed by atoms with Crippen LogP contribution in [0, 0.1) is 0 Å². The molecule has 0 bridgehead atoms. The van der Waals surface area contributed by atoms with E-state index < -0.39 is 29.3 Å². The third-order valence-electron chi connectivity index (χ3n) is 2.50. The van der Waals surface area contributed by atoms with Crippen LogP contribution < -0.4 is 5.32 Å². The van der Waals surface area contributed by atoms with Gasteiger partial charge in [0.1, 0.15) is 6.54 Å². The summed E-state index contributed by atoms with van der Waals surface area (Å²) in [6.07, 6.45) is -3.58. The molecule has 0 aromatic heterocycles. The van der Waals surface area contributed by atoms with Gasteiger partial charge in [0, 0.05) is 19.2 Å². The van der Waals surface area contributed by atoms with Crippen molar-refractivity contribution in [2.45, 2.75) is 18.0 Å². The van der Waals surface area contributed by atoms with Crippen LogP contribution in [-0.2, 0) is 14.8 Å². The van der Waals surface area contributed by atoms with Gasteiger partial charge in [0.25, 0.3) is 0 Å². The molecule has 1 rings (SSSR count). The maximum Gasteiger partial charge on any atom is 0.402 e. The van der Waals surface area contributed by atoms with Crippen molar-refractivity contribution in [3.63, 3.8) is 0 Å². The number of carbonyl (C=O) groups excluding carboxylic acids is 1. The van der Waals surface area contributed by atoms with Gasteiger partial charge in [-0.05, 0) is 24.3 Å². The monoisotopic (exact) mass is 336 g/mol. The number of amides is 1. The van der Waals surface area contributed by atoms with Gasteiger partial charge in [0.2, 0.25) is 15.9 Å². The molecule has 0 heterocycles. The van der Waals surface area contributed by atoms with Crippen molar-refractivity contribution < 1.29 is 26.4 Å². The first-order valence-corrected chi connectivity index (χ1v) is 7.56. The Labute approximate surface area is 126 Å². The Hall–Kier alpha value is -1.87. The summed E-state index contributed by atoms with van der Waals surface area (Å²) < 4.78 is 62.2. The lowest BCUT2D eigenvalue weighted by Gasteiger charge is -2.22. The smallest absolute Gasteiger partial charge is 0.326 e. The predicted molar refractivity (Wildman–Crippen MR) is 75.8 cm³/mol. The standard InChI is InChI=1S/C13H15F3N2O3S/c1-3-8-18(9-13(14,15)16)22(20,21)12-6-4-11(5-7-12)17-10(2)19/h3-7H,1,8-9H2,2H3,(H,17,19). The molecule has 1 N–H and O–H groups in total. The fourth-order valence-electron chi connectivity index (χ4n) is 1.65. The van der Waals surface area contributed by atoms with E-state index in [0.29, 0.717) is 5.69 Å². The minimum absolute atomic E-state index is 0.285. The normalized spacial score (nSPS) is 12.2. The van der Waals surface area contributed by atoms with Crippen molar-refractivity contribution in [3.05, 3.63) is 36.9 Å². The number of carbonyl (C=O) groups is 1. The van der Waals surface area contributed by atoms with Gasteiger partial charge in [-0.25, -0.2) is 8.42 Å². The molecule has 22 heavy (non-hydrogen) atoms. The Morgan fingerprint density at radius 2 is 1.86 bits per heavy atom. The number of rotatable bonds is 6. The van der Waals surface area contributed by atoms with Crippen LogP contribution in [0.15, 0.2) is 41.8 Å². The van der Waals surface area contributed by atoms with Gasteiger partial charge in [0.15, 0.2) is 0 Å². The third-order valence-corrected chi connectivity index (χ3v) is 4.33. The number of halogens is 3. The Balaban J connectivity index is 3.08. The first kappa shape index (κ1) is 18.2. The van der Waals surface area contributed by atoms with Crippen LogP contribution in [0.4, 0.5) is 18.9 Å². The van der Waals surface area contributed by atoms with Gasteiger partial charge in [-0.2, -0.15) is 17.5 Å². The maximum absolute atomic E-state index is 12.5. The van der Waals surface area contributed by atoms with Crippen molar-refractivity contribution in [2.75, 3.05) is 18.4 Å². The molecular formula is C13H15F3N2O3S. The molecule has 0 spiro atoms. The molecule has 0 atom stereocenters. The number of nitrogens with one attached hydrogen (secondary N) is 1. The van der Waals surface area contributed by atoms with Crippen LogP contribution in [0.3, 0.4) is 0 Å². The van der Waals surface area contributed by atoms with Gasteiger partial charge in [-0.1, -0.05) is 6.08 Å². The zero-order valence-electron chi connectivity index (χ0n) is 11.7. The zero-order valence-corrected chi connectivity index (χ0v) is 12.5. The number of sulfonamides is 1. The molecule has 0 unspecified atom stereocenters. The van der Waals surface area contributed by atoms with E-state index in [2.05, 4.69) is 11.9 Å². The molecule has 0 aliphatic carbocycles. The molecule has 122 valence electrons. The average molecular weight is 336 g/mol. The summed E-state index contributed by atoms with van der Waals surface area (Å²) in [5, 5.41) is 2.43. The van der Waals surface area contributed by atoms with Crippen LogP contribution in [0.2, 0.25) is 0 Å². The second-order valence-corrected chi connectivity index (χ2v) is 6.34. The number of hydrogen-bond acceptors (Lipinski definition) is 3. The van der Waals surface area contributed by atoms with Crippen molar-refractivity contribution in [1.29, 1.82) is 0 Å². The molecule has 1 amide bonds. The van der Waals surface area contributed by atoms with E-state index in [4.69, 9.17) is 0 Å². The fraction of sp³-hybridized carbons (Fsp3) is 0.308. The van der Waals surface area contributed by atoms with Crippen molar-refractivity contribution in [1.82, 2.24) is 4.31 Å². The summed E-state index contributed by atoms with van der Waals surface area (Å²) in [7, 11) is -4.31. The van der Waals surface area contributed by atoms with Gasteiger partial charge in [-0.15, -0.1) is 6.58 Å². The molecular weight excluding hydrogens is 321 g/mol. The van der Waals surface area contributed by atoms with E-state index >= 15 is 0 Å². The molecule has 0 aliphatic heterocycles. The molecule has 0 saturated carbocycles. The highest BCUT2D eigenvalue weighted by Crippen LogP contribution is 2.23. The van der Waals surface area contributed by atoms with E-state index in [1.165, 1.54) is 19.1 Å². The highest BCUT2D eigenvalue weighted by Gasteiger charge is 2.36. The number of nitrogens with zero attached hydrogens (tertiary/aromatic N) is 1. The zero-order chi connectivity index (χ0) is 17.0. The summed E-state index contributed by atoms with van der Waals surface area (Å²) in [5.41, 5.74) is 0.345. The van der Waals surface area contributed by atoms with Crippen LogP contribution in [0.5, 0.6) is 0 Å². The molecule has 1 aromatic carbocycles. The Bertz CT molecular complexity index is 639. The van der Waals surface area contributed by atoms with Gasteiger partial charge in [-0.3, -0.25) is 4.79 Å². The summed E-state index contributed by atoms with van der Waals surface area (Å²) in [4.78, 5) is 10.6. The fourth-order valence-corrected chi connectivity index (χ4v) is 3.05. The number of alkyl halides is 3. The number of benzene rings is 1. The second-order valence-electron chi connectivity index (χ2n) is 4.41.